The molecule has 0 amide bonds. The van der Waals surface area contributed by atoms with E-state index in [0.717, 1.165) is 64.0 Å². The lowest BCUT2D eigenvalue weighted by Gasteiger charge is -2.22. The Labute approximate surface area is 183 Å². The lowest BCUT2D eigenvalue weighted by molar-refractivity contribution is -0.137. The molecule has 172 valence electrons. The van der Waals surface area contributed by atoms with Crippen molar-refractivity contribution in [2.45, 2.75) is 43.8 Å². The second-order valence-electron chi connectivity index (χ2n) is 9.38. The zero-order valence-corrected chi connectivity index (χ0v) is 17.8. The van der Waals surface area contributed by atoms with Crippen LogP contribution in [-0.4, -0.2) is 47.2 Å². The maximum absolute atomic E-state index is 12.9. The van der Waals surface area contributed by atoms with Gasteiger partial charge in [-0.15, -0.1) is 0 Å². The van der Waals surface area contributed by atoms with Gasteiger partial charge in [0.25, 0.3) is 5.56 Å². The number of benzene rings is 1. The number of aromatic amines is 1. The summed E-state index contributed by atoms with van der Waals surface area (Å²) >= 11 is 0. The van der Waals surface area contributed by atoms with Crippen molar-refractivity contribution < 1.29 is 13.2 Å². The van der Waals surface area contributed by atoms with E-state index in [1.54, 1.807) is 22.9 Å². The lowest BCUT2D eigenvalue weighted by Crippen LogP contribution is -2.35. The Bertz CT molecular complexity index is 1100. The Morgan fingerprint density at radius 3 is 2.47 bits per heavy atom. The van der Waals surface area contributed by atoms with E-state index in [-0.39, 0.29) is 16.7 Å². The summed E-state index contributed by atoms with van der Waals surface area (Å²) < 4.78 is 40.1. The Morgan fingerprint density at radius 1 is 1.06 bits per heavy atom. The van der Waals surface area contributed by atoms with Crippen LogP contribution in [0.15, 0.2) is 40.1 Å². The monoisotopic (exact) mass is 448 g/mol. The van der Waals surface area contributed by atoms with Crippen LogP contribution >= 0.6 is 0 Å². The highest BCUT2D eigenvalue weighted by Gasteiger charge is 2.60. The molecule has 5 rings (SSSR count). The molecule has 2 saturated heterocycles. The number of anilines is 1. The molecule has 0 radical (unpaired) electrons. The second kappa shape index (κ2) is 7.79. The Hall–Kier alpha value is -2.55. The summed E-state index contributed by atoms with van der Waals surface area (Å²) in [5.74, 6) is 0.483. The summed E-state index contributed by atoms with van der Waals surface area (Å²) in [6.45, 7) is 4.77. The normalized spacial score (nSPS) is 25.3. The first-order valence-corrected chi connectivity index (χ1v) is 11.3. The Balaban J connectivity index is 1.19. The molecule has 32 heavy (non-hydrogen) atoms. The predicted molar refractivity (Wildman–Crippen MR) is 115 cm³/mol. The van der Waals surface area contributed by atoms with Gasteiger partial charge in [-0.05, 0) is 55.8 Å². The number of hydrogen-bond acceptors (Lipinski definition) is 4. The molecule has 1 aromatic carbocycles. The molecule has 1 N–H and O–H groups in total. The smallest absolute Gasteiger partial charge is 0.366 e. The summed E-state index contributed by atoms with van der Waals surface area (Å²) in [6, 6.07) is 5.63. The van der Waals surface area contributed by atoms with Crippen molar-refractivity contribution in [1.29, 1.82) is 0 Å². The molecule has 1 aromatic heterocycles. The fourth-order valence-corrected chi connectivity index (χ4v) is 5.51. The van der Waals surface area contributed by atoms with Gasteiger partial charge < -0.3 is 9.80 Å². The van der Waals surface area contributed by atoms with Crippen LogP contribution in [0.4, 0.5) is 18.9 Å². The van der Waals surface area contributed by atoms with Crippen molar-refractivity contribution in [3.63, 3.8) is 0 Å². The van der Waals surface area contributed by atoms with Crippen molar-refractivity contribution in [1.82, 2.24) is 14.5 Å². The molecular weight excluding hydrogens is 421 g/mol. The van der Waals surface area contributed by atoms with Crippen LogP contribution in [0, 0.1) is 5.92 Å². The first-order valence-electron chi connectivity index (χ1n) is 11.3. The SMILES string of the molecule is O=c1[nH]c(=O)n(CCCN2C[C@@H]3C[C@]3(c3ccc(C(F)(F)F)cc3)C2)cc1N1CCCC1. The second-order valence-corrected chi connectivity index (χ2v) is 9.38. The standard InChI is InChI=1S/C23H27F3N4O2/c24-23(25,26)17-6-4-16(5-7-17)22-12-18(22)13-28(15-22)8-3-11-30-14-19(20(31)27-21(30)32)29-9-1-2-10-29/h4-7,14,18H,1-3,8-13,15H2,(H,27,31,32)/t18-,22+/m0/s1. The average Bonchev–Trinajstić information content (AvgIpc) is 3.08. The summed E-state index contributed by atoms with van der Waals surface area (Å²) in [7, 11) is 0. The number of fused-ring (bicyclic) bond motifs is 1. The minimum atomic E-state index is -4.31. The van der Waals surface area contributed by atoms with Crippen molar-refractivity contribution >= 4 is 5.69 Å². The van der Waals surface area contributed by atoms with Crippen LogP contribution in [0.2, 0.25) is 0 Å². The van der Waals surface area contributed by atoms with Crippen LogP contribution in [0.3, 0.4) is 0 Å². The summed E-state index contributed by atoms with van der Waals surface area (Å²) in [4.78, 5) is 31.2. The van der Waals surface area contributed by atoms with Gasteiger partial charge in [-0.25, -0.2) is 4.79 Å². The van der Waals surface area contributed by atoms with Gasteiger partial charge >= 0.3 is 11.9 Å². The van der Waals surface area contributed by atoms with Gasteiger partial charge in [0, 0.05) is 44.3 Å². The third kappa shape index (κ3) is 3.87. The summed E-state index contributed by atoms with van der Waals surface area (Å²) in [5.41, 5.74) is 0.206. The van der Waals surface area contributed by atoms with Crippen LogP contribution < -0.4 is 16.1 Å². The first-order chi connectivity index (χ1) is 15.3. The highest BCUT2D eigenvalue weighted by Crippen LogP contribution is 2.59. The van der Waals surface area contributed by atoms with E-state index in [1.807, 2.05) is 4.90 Å². The van der Waals surface area contributed by atoms with Crippen molar-refractivity contribution in [3.8, 4) is 0 Å². The molecule has 3 fully saturated rings. The molecular formula is C23H27F3N4O2. The van der Waals surface area contributed by atoms with Crippen molar-refractivity contribution in [3.05, 3.63) is 62.4 Å². The van der Waals surface area contributed by atoms with Crippen LogP contribution in [0.5, 0.6) is 0 Å². The summed E-state index contributed by atoms with van der Waals surface area (Å²) in [6.07, 6.45) is 1.26. The number of aromatic nitrogens is 2. The minimum Gasteiger partial charge on any atom is -0.366 e. The van der Waals surface area contributed by atoms with Crippen LogP contribution in [0.1, 0.15) is 36.8 Å². The van der Waals surface area contributed by atoms with E-state index < -0.39 is 11.7 Å². The number of H-pyrrole nitrogens is 1. The van der Waals surface area contributed by atoms with Gasteiger partial charge in [-0.1, -0.05) is 12.1 Å². The maximum atomic E-state index is 12.9. The van der Waals surface area contributed by atoms with E-state index in [0.29, 0.717) is 18.2 Å². The molecule has 2 aliphatic heterocycles. The number of hydrogen-bond donors (Lipinski definition) is 1. The average molecular weight is 448 g/mol. The number of alkyl halides is 3. The van der Waals surface area contributed by atoms with E-state index in [2.05, 4.69) is 9.88 Å². The summed E-state index contributed by atoms with van der Waals surface area (Å²) in [5, 5.41) is 0. The molecule has 3 heterocycles. The Morgan fingerprint density at radius 2 is 1.78 bits per heavy atom. The quantitative estimate of drug-likeness (QED) is 0.739. The fourth-order valence-electron chi connectivity index (χ4n) is 5.51. The number of aryl methyl sites for hydroxylation is 1. The third-order valence-electron chi connectivity index (χ3n) is 7.32. The lowest BCUT2D eigenvalue weighted by atomic mass is 9.94. The molecule has 1 saturated carbocycles. The molecule has 2 aromatic rings. The topological polar surface area (TPSA) is 61.3 Å². The largest absolute Gasteiger partial charge is 0.416 e. The van der Waals surface area contributed by atoms with Crippen LogP contribution in [-0.2, 0) is 18.1 Å². The van der Waals surface area contributed by atoms with Gasteiger partial charge in [0.2, 0.25) is 0 Å². The zero-order chi connectivity index (χ0) is 22.5. The van der Waals surface area contributed by atoms with Gasteiger partial charge in [-0.3, -0.25) is 14.3 Å². The van der Waals surface area contributed by atoms with Crippen LogP contribution in [0.25, 0.3) is 0 Å². The van der Waals surface area contributed by atoms with Gasteiger partial charge in [-0.2, -0.15) is 13.2 Å². The molecule has 3 aliphatic rings. The van der Waals surface area contributed by atoms with Crippen molar-refractivity contribution in [2.75, 3.05) is 37.6 Å². The highest BCUT2D eigenvalue weighted by atomic mass is 19.4. The van der Waals surface area contributed by atoms with E-state index in [9.17, 15) is 22.8 Å². The first kappa shape index (κ1) is 21.3. The van der Waals surface area contributed by atoms with E-state index >= 15 is 0 Å². The Kier molecular flexibility index (Phi) is 5.19. The zero-order valence-electron chi connectivity index (χ0n) is 17.8. The molecule has 6 nitrogen and oxygen atoms in total. The number of rotatable bonds is 6. The number of likely N-dealkylation sites (tertiary alicyclic amines) is 1. The van der Waals surface area contributed by atoms with Gasteiger partial charge in [0.1, 0.15) is 5.69 Å². The number of halogens is 3. The van der Waals surface area contributed by atoms with E-state index in [4.69, 9.17) is 0 Å². The maximum Gasteiger partial charge on any atom is 0.416 e. The number of nitrogens with one attached hydrogen (secondary N) is 1. The predicted octanol–water partition coefficient (Wildman–Crippen LogP) is 2.82. The van der Waals surface area contributed by atoms with E-state index in [1.165, 1.54) is 12.1 Å². The van der Waals surface area contributed by atoms with Gasteiger partial charge in [0.05, 0.1) is 5.56 Å². The fraction of sp³-hybridized carbons (Fsp3) is 0.565. The number of piperidine rings is 1. The van der Waals surface area contributed by atoms with Crippen molar-refractivity contribution in [2.24, 2.45) is 5.92 Å². The number of nitrogens with zero attached hydrogens (tertiary/aromatic N) is 3. The minimum absolute atomic E-state index is 0.0259. The highest BCUT2D eigenvalue weighted by molar-refractivity contribution is 5.42. The van der Waals surface area contributed by atoms with Gasteiger partial charge in [0.15, 0.2) is 0 Å². The molecule has 2 atom stereocenters. The third-order valence-corrected chi connectivity index (χ3v) is 7.32. The molecule has 9 heteroatoms. The molecule has 1 aliphatic carbocycles. The molecule has 0 spiro atoms. The molecule has 0 bridgehead atoms. The molecule has 0 unspecified atom stereocenters.